The van der Waals surface area contributed by atoms with E-state index in [-0.39, 0.29) is 18.3 Å². The molecular formula is C26H27ClN4O2S. The highest BCUT2D eigenvalue weighted by molar-refractivity contribution is 7.12. The van der Waals surface area contributed by atoms with E-state index in [0.717, 1.165) is 76.7 Å². The van der Waals surface area contributed by atoms with Crippen LogP contribution in [0.5, 0.6) is 0 Å². The summed E-state index contributed by atoms with van der Waals surface area (Å²) in [6.45, 7) is 6.16. The highest BCUT2D eigenvalue weighted by atomic mass is 35.5. The first kappa shape index (κ1) is 24.2. The molecule has 176 valence electrons. The van der Waals surface area contributed by atoms with E-state index >= 15 is 0 Å². The molecule has 1 aliphatic rings. The normalized spacial score (nSPS) is 14.4. The largest absolute Gasteiger partial charge is 0.379 e. The van der Waals surface area contributed by atoms with E-state index in [2.05, 4.69) is 38.6 Å². The zero-order valence-corrected chi connectivity index (χ0v) is 20.5. The molecule has 1 fully saturated rings. The topological polar surface area (TPSA) is 70.2 Å². The Morgan fingerprint density at radius 3 is 2.79 bits per heavy atom. The molecule has 8 heteroatoms. The predicted octanol–water partition coefficient (Wildman–Crippen LogP) is 5.61. The highest BCUT2D eigenvalue weighted by Crippen LogP contribution is 2.25. The molecule has 0 unspecified atom stereocenters. The van der Waals surface area contributed by atoms with Crippen molar-refractivity contribution in [3.8, 4) is 0 Å². The summed E-state index contributed by atoms with van der Waals surface area (Å²) < 4.78 is 5.47. The Kier molecular flexibility index (Phi) is 7.80. The molecule has 6 nitrogen and oxygen atoms in total. The molecule has 2 aromatic heterocycles. The summed E-state index contributed by atoms with van der Waals surface area (Å²) in [4.78, 5) is 16.1. The first-order chi connectivity index (χ1) is 16.2. The van der Waals surface area contributed by atoms with Gasteiger partial charge in [-0.15, -0.1) is 23.7 Å². The number of anilines is 1. The van der Waals surface area contributed by atoms with Gasteiger partial charge in [0.2, 0.25) is 0 Å². The van der Waals surface area contributed by atoms with E-state index in [0.29, 0.717) is 0 Å². The smallest absolute Gasteiger partial charge is 0.266 e. The number of aromatic amines is 1. The van der Waals surface area contributed by atoms with Crippen LogP contribution < -0.4 is 5.32 Å². The van der Waals surface area contributed by atoms with Gasteiger partial charge in [-0.25, -0.2) is 0 Å². The minimum Gasteiger partial charge on any atom is -0.379 e. The molecule has 1 saturated heterocycles. The van der Waals surface area contributed by atoms with Gasteiger partial charge in [0.05, 0.1) is 29.3 Å². The van der Waals surface area contributed by atoms with Crippen LogP contribution in [0.1, 0.15) is 32.1 Å². The monoisotopic (exact) mass is 494 g/mol. The number of aromatic nitrogens is 2. The number of amides is 1. The van der Waals surface area contributed by atoms with E-state index in [1.54, 1.807) is 0 Å². The molecule has 1 aliphatic heterocycles. The molecular weight excluding hydrogens is 468 g/mol. The van der Waals surface area contributed by atoms with Crippen LogP contribution in [0.3, 0.4) is 0 Å². The number of morpholine rings is 1. The molecule has 0 spiro atoms. The quantitative estimate of drug-likeness (QED) is 0.365. The minimum absolute atomic E-state index is 0. The van der Waals surface area contributed by atoms with Crippen molar-refractivity contribution < 1.29 is 9.53 Å². The maximum absolute atomic E-state index is 13.0. The molecule has 34 heavy (non-hydrogen) atoms. The van der Waals surface area contributed by atoms with Gasteiger partial charge in [0.25, 0.3) is 5.91 Å². The highest BCUT2D eigenvalue weighted by Gasteiger charge is 2.15. The zero-order valence-electron chi connectivity index (χ0n) is 18.9. The molecule has 5 rings (SSSR count). The number of benzene rings is 2. The molecule has 2 aromatic carbocycles. The second-order valence-electron chi connectivity index (χ2n) is 8.18. The number of ether oxygens (including phenoxy) is 1. The number of nitrogens with one attached hydrogen (secondary N) is 2. The van der Waals surface area contributed by atoms with Crippen LogP contribution in [0.15, 0.2) is 53.9 Å². The van der Waals surface area contributed by atoms with Crippen molar-refractivity contribution >= 4 is 58.4 Å². The number of hydrogen-bond donors (Lipinski definition) is 2. The minimum atomic E-state index is -0.0779. The summed E-state index contributed by atoms with van der Waals surface area (Å²) in [5, 5.41) is 13.7. The van der Waals surface area contributed by atoms with E-state index in [1.165, 1.54) is 11.3 Å². The molecule has 0 saturated carbocycles. The number of H-pyrrole nitrogens is 1. The van der Waals surface area contributed by atoms with Gasteiger partial charge in [-0.05, 0) is 53.3 Å². The summed E-state index contributed by atoms with van der Waals surface area (Å²) in [5.41, 5.74) is 5.76. The van der Waals surface area contributed by atoms with Gasteiger partial charge in [-0.2, -0.15) is 5.10 Å². The first-order valence-electron chi connectivity index (χ1n) is 11.1. The SMILES string of the molecule is Cc1ccsc1C(=O)Nc1cc(CN2CCOCC2)ccc1/C=C/c1n[nH]c2ccccc12.Cl. The Bertz CT molecular complexity index is 1310. The standard InChI is InChI=1S/C26H26N4O2S.ClH/c1-18-10-15-33-25(18)26(31)27-24-16-19(17-30-11-13-32-14-12-30)6-7-20(24)8-9-23-21-4-2-3-5-22(21)28-29-23;/h2-10,15-16H,11-14,17H2,1H3,(H,27,31)(H,28,29);1H/b9-8+;. The van der Waals surface area contributed by atoms with Crippen LogP contribution in [0.2, 0.25) is 0 Å². The Balaban J connectivity index is 0.00000274. The number of aryl methyl sites for hydroxylation is 1. The van der Waals surface area contributed by atoms with Crippen LogP contribution in [-0.4, -0.2) is 47.3 Å². The average molecular weight is 495 g/mol. The molecule has 0 radical (unpaired) electrons. The lowest BCUT2D eigenvalue weighted by Crippen LogP contribution is -2.35. The van der Waals surface area contributed by atoms with Crippen LogP contribution in [-0.2, 0) is 11.3 Å². The molecule has 0 bridgehead atoms. The number of para-hydroxylation sites is 1. The van der Waals surface area contributed by atoms with Gasteiger partial charge < -0.3 is 10.1 Å². The Morgan fingerprint density at radius 2 is 2.00 bits per heavy atom. The first-order valence-corrected chi connectivity index (χ1v) is 11.9. The third kappa shape index (κ3) is 5.39. The number of carbonyl (C=O) groups excluding carboxylic acids is 1. The average Bonchev–Trinajstić information content (AvgIpc) is 3.45. The number of fused-ring (bicyclic) bond motifs is 1. The zero-order chi connectivity index (χ0) is 22.6. The predicted molar refractivity (Wildman–Crippen MR) is 142 cm³/mol. The Labute approximate surface area is 209 Å². The molecule has 3 heterocycles. The summed E-state index contributed by atoms with van der Waals surface area (Å²) in [6, 6.07) is 16.3. The fourth-order valence-corrected chi connectivity index (χ4v) is 4.86. The van der Waals surface area contributed by atoms with Crippen LogP contribution >= 0.6 is 23.7 Å². The molecule has 1 amide bonds. The number of rotatable bonds is 6. The van der Waals surface area contributed by atoms with E-state index in [9.17, 15) is 4.79 Å². The lowest BCUT2D eigenvalue weighted by Gasteiger charge is -2.26. The van der Waals surface area contributed by atoms with Crippen LogP contribution in [0.4, 0.5) is 5.69 Å². The van der Waals surface area contributed by atoms with E-state index in [1.807, 2.05) is 54.8 Å². The Morgan fingerprint density at radius 1 is 1.18 bits per heavy atom. The number of thiophene rings is 1. The van der Waals surface area contributed by atoms with Crippen molar-refractivity contribution in [1.29, 1.82) is 0 Å². The van der Waals surface area contributed by atoms with Gasteiger partial charge in [-0.1, -0.05) is 36.4 Å². The number of hydrogen-bond acceptors (Lipinski definition) is 5. The van der Waals surface area contributed by atoms with Crippen molar-refractivity contribution in [3.63, 3.8) is 0 Å². The van der Waals surface area contributed by atoms with Crippen LogP contribution in [0.25, 0.3) is 23.1 Å². The van der Waals surface area contributed by atoms with Crippen molar-refractivity contribution in [3.05, 3.63) is 81.2 Å². The lowest BCUT2D eigenvalue weighted by molar-refractivity contribution is 0.0342. The van der Waals surface area contributed by atoms with Gasteiger partial charge >= 0.3 is 0 Å². The summed E-state index contributed by atoms with van der Waals surface area (Å²) in [7, 11) is 0. The van der Waals surface area contributed by atoms with Crippen molar-refractivity contribution in [2.45, 2.75) is 13.5 Å². The Hall–Kier alpha value is -2.97. The lowest BCUT2D eigenvalue weighted by atomic mass is 10.1. The number of nitrogens with zero attached hydrogens (tertiary/aromatic N) is 2. The maximum Gasteiger partial charge on any atom is 0.266 e. The van der Waals surface area contributed by atoms with Gasteiger partial charge in [0.15, 0.2) is 0 Å². The third-order valence-corrected chi connectivity index (χ3v) is 6.88. The second kappa shape index (κ2) is 11.0. The fourth-order valence-electron chi connectivity index (χ4n) is 4.04. The third-order valence-electron chi connectivity index (χ3n) is 5.86. The van der Waals surface area contributed by atoms with Crippen molar-refractivity contribution in [2.75, 3.05) is 31.6 Å². The number of halogens is 1. The van der Waals surface area contributed by atoms with Gasteiger partial charge in [0, 0.05) is 30.7 Å². The fraction of sp³-hybridized carbons (Fsp3) is 0.231. The summed E-state index contributed by atoms with van der Waals surface area (Å²) >= 11 is 1.46. The van der Waals surface area contributed by atoms with E-state index < -0.39 is 0 Å². The molecule has 4 aromatic rings. The van der Waals surface area contributed by atoms with Crippen molar-refractivity contribution in [1.82, 2.24) is 15.1 Å². The van der Waals surface area contributed by atoms with E-state index in [4.69, 9.17) is 4.74 Å². The molecule has 2 N–H and O–H groups in total. The van der Waals surface area contributed by atoms with Crippen molar-refractivity contribution in [2.24, 2.45) is 0 Å². The van der Waals surface area contributed by atoms with Gasteiger partial charge in [0.1, 0.15) is 0 Å². The molecule has 0 aliphatic carbocycles. The molecule has 0 atom stereocenters. The summed E-state index contributed by atoms with van der Waals surface area (Å²) in [5.74, 6) is -0.0779. The van der Waals surface area contributed by atoms with Gasteiger partial charge in [-0.3, -0.25) is 14.8 Å². The second-order valence-corrected chi connectivity index (χ2v) is 9.10. The summed E-state index contributed by atoms with van der Waals surface area (Å²) in [6.07, 6.45) is 4.00. The maximum atomic E-state index is 13.0. The number of carbonyl (C=O) groups is 1. The van der Waals surface area contributed by atoms with Crippen LogP contribution in [0, 0.1) is 6.92 Å².